The molecule has 1 N–H and O–H groups in total. The van der Waals surface area contributed by atoms with Gasteiger partial charge in [-0.3, -0.25) is 9.78 Å². The van der Waals surface area contributed by atoms with Crippen LogP contribution in [0.4, 0.5) is 0 Å². The molecular formula is C20H19ClN6OS2. The maximum absolute atomic E-state index is 12.8. The maximum atomic E-state index is 12.8. The second-order valence-corrected chi connectivity index (χ2v) is 8.84. The maximum Gasteiger partial charge on any atom is 0.255 e. The fourth-order valence-electron chi connectivity index (χ4n) is 2.96. The van der Waals surface area contributed by atoms with Crippen molar-refractivity contribution in [3.63, 3.8) is 0 Å². The van der Waals surface area contributed by atoms with Gasteiger partial charge in [0.05, 0.1) is 45.6 Å². The molecule has 0 fully saturated rings. The number of nitrogens with one attached hydrogen (secondary N) is 1. The minimum Gasteiger partial charge on any atom is -0.347 e. The van der Waals surface area contributed by atoms with Crippen LogP contribution in [-0.2, 0) is 13.0 Å². The summed E-state index contributed by atoms with van der Waals surface area (Å²) in [6.07, 6.45) is 7.52. The van der Waals surface area contributed by atoms with E-state index in [1.807, 2.05) is 17.5 Å². The quantitative estimate of drug-likeness (QED) is 0.411. The van der Waals surface area contributed by atoms with E-state index < -0.39 is 0 Å². The van der Waals surface area contributed by atoms with Crippen LogP contribution in [0.1, 0.15) is 40.7 Å². The lowest BCUT2D eigenvalue weighted by molar-refractivity contribution is 0.0950. The predicted molar refractivity (Wildman–Crippen MR) is 119 cm³/mol. The Morgan fingerprint density at radius 3 is 2.90 bits per heavy atom. The molecule has 1 amide bonds. The topological polar surface area (TPSA) is 85.6 Å². The van der Waals surface area contributed by atoms with E-state index in [-0.39, 0.29) is 5.91 Å². The number of amides is 1. The number of thiophene rings is 1. The van der Waals surface area contributed by atoms with Gasteiger partial charge >= 0.3 is 0 Å². The van der Waals surface area contributed by atoms with E-state index in [1.54, 1.807) is 40.1 Å². The Balaban J connectivity index is 1.66. The van der Waals surface area contributed by atoms with Gasteiger partial charge in [0.2, 0.25) is 0 Å². The first kappa shape index (κ1) is 20.6. The lowest BCUT2D eigenvalue weighted by Gasteiger charge is -2.10. The average Bonchev–Trinajstić information content (AvgIpc) is 3.52. The number of aromatic nitrogens is 5. The number of carbonyl (C=O) groups is 1. The molecule has 154 valence electrons. The number of carbonyl (C=O) groups excluding carboxylic acids is 1. The molecule has 0 aliphatic heterocycles. The van der Waals surface area contributed by atoms with Crippen LogP contribution < -0.4 is 5.32 Å². The summed E-state index contributed by atoms with van der Waals surface area (Å²) in [6, 6.07) is 3.91. The number of hydrogen-bond acceptors (Lipinski definition) is 7. The molecule has 0 unspecified atom stereocenters. The van der Waals surface area contributed by atoms with Crippen LogP contribution in [0.5, 0.6) is 0 Å². The number of nitrogens with zero attached hydrogens (tertiary/aromatic N) is 5. The first-order valence-corrected chi connectivity index (χ1v) is 11.6. The smallest absolute Gasteiger partial charge is 0.255 e. The molecule has 30 heavy (non-hydrogen) atoms. The van der Waals surface area contributed by atoms with Crippen molar-refractivity contribution in [3.05, 3.63) is 62.8 Å². The summed E-state index contributed by atoms with van der Waals surface area (Å²) in [5.41, 5.74) is 3.72. The number of rotatable bonds is 8. The minimum absolute atomic E-state index is 0.173. The Kier molecular flexibility index (Phi) is 6.51. The van der Waals surface area contributed by atoms with Crippen LogP contribution >= 0.6 is 34.3 Å². The Hall–Kier alpha value is -2.62. The Labute approximate surface area is 186 Å². The van der Waals surface area contributed by atoms with Crippen molar-refractivity contribution in [2.24, 2.45) is 0 Å². The summed E-state index contributed by atoms with van der Waals surface area (Å²) in [7, 11) is 0. The lowest BCUT2D eigenvalue weighted by atomic mass is 10.1. The highest BCUT2D eigenvalue weighted by molar-refractivity contribution is 7.13. The molecule has 4 heterocycles. The molecule has 10 heteroatoms. The van der Waals surface area contributed by atoms with Crippen LogP contribution in [0.25, 0.3) is 16.5 Å². The molecule has 0 saturated carbocycles. The highest BCUT2D eigenvalue weighted by Crippen LogP contribution is 2.29. The van der Waals surface area contributed by atoms with Gasteiger partial charge in [0, 0.05) is 11.1 Å². The zero-order chi connectivity index (χ0) is 20.9. The fourth-order valence-corrected chi connectivity index (χ4v) is 4.47. The molecule has 0 spiro atoms. The second-order valence-electron chi connectivity index (χ2n) is 6.51. The van der Waals surface area contributed by atoms with E-state index in [4.69, 9.17) is 11.6 Å². The van der Waals surface area contributed by atoms with Crippen LogP contribution in [0.2, 0.25) is 5.02 Å². The van der Waals surface area contributed by atoms with Gasteiger partial charge in [-0.1, -0.05) is 31.0 Å². The van der Waals surface area contributed by atoms with Gasteiger partial charge in [0.1, 0.15) is 5.69 Å². The van der Waals surface area contributed by atoms with E-state index in [2.05, 4.69) is 32.3 Å². The third-order valence-electron chi connectivity index (χ3n) is 4.46. The molecule has 4 aromatic heterocycles. The van der Waals surface area contributed by atoms with Crippen molar-refractivity contribution in [3.8, 4) is 16.5 Å². The van der Waals surface area contributed by atoms with Crippen LogP contribution in [-0.4, -0.2) is 30.6 Å². The van der Waals surface area contributed by atoms with Crippen LogP contribution in [0.3, 0.4) is 0 Å². The molecular weight excluding hydrogens is 440 g/mol. The summed E-state index contributed by atoms with van der Waals surface area (Å²) in [6.45, 7) is 2.54. The lowest BCUT2D eigenvalue weighted by Crippen LogP contribution is -2.23. The van der Waals surface area contributed by atoms with Crippen molar-refractivity contribution in [2.45, 2.75) is 32.7 Å². The zero-order valence-corrected chi connectivity index (χ0v) is 18.6. The SMILES string of the molecule is CCCCc1c(C(=O)NCc2cncs2)cnn1-c1ncc(Cl)c(-c2cccs2)n1. The molecule has 0 atom stereocenters. The van der Waals surface area contributed by atoms with Gasteiger partial charge in [-0.15, -0.1) is 22.7 Å². The van der Waals surface area contributed by atoms with Crippen molar-refractivity contribution in [1.29, 1.82) is 0 Å². The molecule has 0 aliphatic carbocycles. The van der Waals surface area contributed by atoms with E-state index in [1.165, 1.54) is 11.3 Å². The van der Waals surface area contributed by atoms with Crippen molar-refractivity contribution in [1.82, 2.24) is 30.0 Å². The number of thiazole rings is 1. The van der Waals surface area contributed by atoms with E-state index in [9.17, 15) is 4.79 Å². The van der Waals surface area contributed by atoms with Crippen molar-refractivity contribution in [2.75, 3.05) is 0 Å². The Bertz CT molecular complexity index is 1120. The summed E-state index contributed by atoms with van der Waals surface area (Å²) in [5, 5.41) is 9.83. The van der Waals surface area contributed by atoms with Gasteiger partial charge in [0.25, 0.3) is 11.9 Å². The van der Waals surface area contributed by atoms with E-state index in [0.29, 0.717) is 35.2 Å². The van der Waals surface area contributed by atoms with Crippen molar-refractivity contribution < 1.29 is 4.79 Å². The van der Waals surface area contributed by atoms with Gasteiger partial charge < -0.3 is 5.32 Å². The Morgan fingerprint density at radius 2 is 2.17 bits per heavy atom. The monoisotopic (exact) mass is 458 g/mol. The summed E-state index contributed by atoms with van der Waals surface area (Å²) >= 11 is 9.39. The van der Waals surface area contributed by atoms with Gasteiger partial charge in [-0.25, -0.2) is 14.6 Å². The molecule has 0 saturated heterocycles. The Morgan fingerprint density at radius 1 is 1.27 bits per heavy atom. The average molecular weight is 459 g/mol. The van der Waals surface area contributed by atoms with Crippen LogP contribution in [0, 0.1) is 0 Å². The molecule has 0 aliphatic rings. The second kappa shape index (κ2) is 9.46. The number of unbranched alkanes of at least 4 members (excludes halogenated alkanes) is 1. The summed E-state index contributed by atoms with van der Waals surface area (Å²) in [5.74, 6) is 0.226. The zero-order valence-electron chi connectivity index (χ0n) is 16.2. The molecule has 0 aromatic carbocycles. The standard InChI is InChI=1S/C20H19ClN6OS2/c1-2-3-5-16-14(19(28)23-9-13-8-22-12-30-13)10-25-27(16)20-24-11-15(21)18(26-20)17-6-4-7-29-17/h4,6-8,10-12H,2-3,5,9H2,1H3,(H,23,28). The third-order valence-corrected chi connectivity index (χ3v) is 6.40. The predicted octanol–water partition coefficient (Wildman–Crippen LogP) is 4.77. The highest BCUT2D eigenvalue weighted by atomic mass is 35.5. The first-order valence-electron chi connectivity index (χ1n) is 9.46. The molecule has 4 rings (SSSR count). The van der Waals surface area contributed by atoms with E-state index in [0.717, 1.165) is 28.3 Å². The van der Waals surface area contributed by atoms with E-state index >= 15 is 0 Å². The normalized spacial score (nSPS) is 11.0. The van der Waals surface area contributed by atoms with Crippen molar-refractivity contribution >= 4 is 40.2 Å². The summed E-state index contributed by atoms with van der Waals surface area (Å²) in [4.78, 5) is 27.8. The highest BCUT2D eigenvalue weighted by Gasteiger charge is 2.20. The number of hydrogen-bond donors (Lipinski definition) is 1. The molecule has 7 nitrogen and oxygen atoms in total. The molecule has 0 bridgehead atoms. The molecule has 4 aromatic rings. The summed E-state index contributed by atoms with van der Waals surface area (Å²) < 4.78 is 1.64. The fraction of sp³-hybridized carbons (Fsp3) is 0.250. The van der Waals surface area contributed by atoms with Gasteiger partial charge in [-0.05, 0) is 24.3 Å². The third kappa shape index (κ3) is 4.43. The largest absolute Gasteiger partial charge is 0.347 e. The van der Waals surface area contributed by atoms with Gasteiger partial charge in [-0.2, -0.15) is 5.10 Å². The van der Waals surface area contributed by atoms with Crippen LogP contribution in [0.15, 0.2) is 41.6 Å². The minimum atomic E-state index is -0.173. The van der Waals surface area contributed by atoms with Gasteiger partial charge in [0.15, 0.2) is 0 Å². The number of halogens is 1. The molecule has 0 radical (unpaired) electrons. The first-order chi connectivity index (χ1) is 14.7.